The quantitative estimate of drug-likeness (QED) is 0.249. The summed E-state index contributed by atoms with van der Waals surface area (Å²) in [4.78, 5) is 48.5. The molecule has 0 aliphatic heterocycles. The number of carbonyl (C=O) groups is 1. The van der Waals surface area contributed by atoms with E-state index in [4.69, 9.17) is 24.3 Å². The molecule has 1 aliphatic carbocycles. The van der Waals surface area contributed by atoms with Gasteiger partial charge in [0.15, 0.2) is 0 Å². The van der Waals surface area contributed by atoms with Crippen molar-refractivity contribution in [3.8, 4) is 11.1 Å². The summed E-state index contributed by atoms with van der Waals surface area (Å²) >= 11 is 0. The molecule has 2 aromatic carbocycles. The maximum atomic E-state index is 12.0. The van der Waals surface area contributed by atoms with Crippen molar-refractivity contribution in [1.29, 1.82) is 0 Å². The number of hydrogen-bond acceptors (Lipinski definition) is 5. The normalized spacial score (nSPS) is 14.1. The lowest BCUT2D eigenvalue weighted by atomic mass is 9.98. The van der Waals surface area contributed by atoms with Crippen molar-refractivity contribution >= 4 is 21.3 Å². The van der Waals surface area contributed by atoms with Crippen molar-refractivity contribution in [3.63, 3.8) is 0 Å². The molecule has 2 aromatic rings. The summed E-state index contributed by atoms with van der Waals surface area (Å²) in [5.74, 6) is -0.146. The SMILES string of the molecule is O=C(NCCCC(O)(P(=O)(O)O)P(=O)(O)O)OCC1c2ccccc2-c2ccccc21. The molecule has 10 nitrogen and oxygen atoms in total. The van der Waals surface area contributed by atoms with Gasteiger partial charge in [-0.05, 0) is 28.7 Å². The number of hydrogen-bond donors (Lipinski definition) is 6. The van der Waals surface area contributed by atoms with Gasteiger partial charge in [-0.1, -0.05) is 48.5 Å². The summed E-state index contributed by atoms with van der Waals surface area (Å²) in [7, 11) is -11.0. The highest BCUT2D eigenvalue weighted by Crippen LogP contribution is 2.69. The fourth-order valence-electron chi connectivity index (χ4n) is 3.63. The highest BCUT2D eigenvalue weighted by Gasteiger charge is 2.58. The molecule has 0 heterocycles. The van der Waals surface area contributed by atoms with Gasteiger partial charge >= 0.3 is 21.3 Å². The van der Waals surface area contributed by atoms with Crippen LogP contribution in [0.2, 0.25) is 0 Å². The fraction of sp³-hybridized carbons (Fsp3) is 0.316. The molecule has 31 heavy (non-hydrogen) atoms. The van der Waals surface area contributed by atoms with E-state index in [0.29, 0.717) is 0 Å². The van der Waals surface area contributed by atoms with Crippen molar-refractivity contribution in [1.82, 2.24) is 5.32 Å². The van der Waals surface area contributed by atoms with Crippen LogP contribution in [0.5, 0.6) is 0 Å². The first-order valence-electron chi connectivity index (χ1n) is 9.38. The predicted molar refractivity (Wildman–Crippen MR) is 111 cm³/mol. The number of rotatable bonds is 8. The van der Waals surface area contributed by atoms with E-state index in [1.807, 2.05) is 48.5 Å². The third-order valence-corrected chi connectivity index (χ3v) is 9.11. The summed E-state index contributed by atoms with van der Waals surface area (Å²) in [5.41, 5.74) is 4.21. The van der Waals surface area contributed by atoms with Gasteiger partial charge < -0.3 is 34.7 Å². The van der Waals surface area contributed by atoms with Crippen molar-refractivity contribution in [2.24, 2.45) is 0 Å². The molecule has 0 atom stereocenters. The predicted octanol–water partition coefficient (Wildman–Crippen LogP) is 2.31. The van der Waals surface area contributed by atoms with E-state index in [1.54, 1.807) is 0 Å². The largest absolute Gasteiger partial charge is 0.449 e. The second-order valence-corrected chi connectivity index (χ2v) is 11.2. The molecule has 0 bridgehead atoms. The molecule has 0 spiro atoms. The average Bonchev–Trinajstić information content (AvgIpc) is 3.01. The van der Waals surface area contributed by atoms with E-state index in [1.165, 1.54) is 0 Å². The Kier molecular flexibility index (Phi) is 6.74. The number of carbonyl (C=O) groups excluding carboxylic acids is 1. The van der Waals surface area contributed by atoms with Crippen LogP contribution in [-0.2, 0) is 13.9 Å². The molecule has 6 N–H and O–H groups in total. The first kappa shape index (κ1) is 23.6. The van der Waals surface area contributed by atoms with Crippen molar-refractivity contribution in [2.75, 3.05) is 13.2 Å². The Bertz CT molecular complexity index is 994. The Balaban J connectivity index is 1.55. The van der Waals surface area contributed by atoms with Gasteiger partial charge in [-0.25, -0.2) is 4.79 Å². The Hall–Kier alpha value is -2.03. The number of fused-ring (bicyclic) bond motifs is 3. The second kappa shape index (κ2) is 8.84. The lowest BCUT2D eigenvalue weighted by molar-refractivity contribution is 0.119. The summed E-state index contributed by atoms with van der Waals surface area (Å²) in [5, 5.41) is 8.67. The van der Waals surface area contributed by atoms with Gasteiger partial charge in [-0.2, -0.15) is 0 Å². The Morgan fingerprint density at radius 1 is 0.935 bits per heavy atom. The average molecular weight is 471 g/mol. The molecule has 0 radical (unpaired) electrons. The smallest absolute Gasteiger partial charge is 0.407 e. The summed E-state index contributed by atoms with van der Waals surface area (Å²) in [6.07, 6.45) is -2.00. The lowest BCUT2D eigenvalue weighted by Gasteiger charge is -2.29. The maximum absolute atomic E-state index is 12.0. The van der Waals surface area contributed by atoms with Gasteiger partial charge in [0, 0.05) is 18.9 Å². The zero-order valence-corrected chi connectivity index (χ0v) is 18.1. The van der Waals surface area contributed by atoms with Gasteiger partial charge in [-0.3, -0.25) is 9.13 Å². The van der Waals surface area contributed by atoms with E-state index >= 15 is 0 Å². The van der Waals surface area contributed by atoms with E-state index in [9.17, 15) is 19.0 Å². The molecular formula is C19H23NO9P2. The number of amides is 1. The monoisotopic (exact) mass is 471 g/mol. The minimum absolute atomic E-state index is 0.0642. The van der Waals surface area contributed by atoms with Crippen LogP contribution < -0.4 is 5.32 Å². The molecule has 1 aliphatic rings. The van der Waals surface area contributed by atoms with Gasteiger partial charge in [0.25, 0.3) is 5.08 Å². The topological polar surface area (TPSA) is 174 Å². The molecule has 12 heteroatoms. The molecule has 0 saturated carbocycles. The van der Waals surface area contributed by atoms with E-state index in [0.717, 1.165) is 22.3 Å². The third kappa shape index (κ3) is 4.76. The molecule has 0 fully saturated rings. The van der Waals surface area contributed by atoms with Gasteiger partial charge in [-0.15, -0.1) is 0 Å². The van der Waals surface area contributed by atoms with Gasteiger partial charge in [0.05, 0.1) is 0 Å². The summed E-state index contributed by atoms with van der Waals surface area (Å²) < 4.78 is 27.9. The second-order valence-electron chi connectivity index (χ2n) is 7.22. The Labute approximate surface area is 178 Å². The first-order chi connectivity index (χ1) is 14.5. The van der Waals surface area contributed by atoms with Crippen molar-refractivity contribution in [3.05, 3.63) is 59.7 Å². The van der Waals surface area contributed by atoms with Gasteiger partial charge in [0.2, 0.25) is 0 Å². The molecule has 168 valence electrons. The highest BCUT2D eigenvalue weighted by atomic mass is 31.2. The molecular weight excluding hydrogens is 448 g/mol. The number of nitrogens with one attached hydrogen (secondary N) is 1. The van der Waals surface area contributed by atoms with Gasteiger partial charge in [0.1, 0.15) is 6.61 Å². The van der Waals surface area contributed by atoms with Crippen LogP contribution in [0, 0.1) is 0 Å². The van der Waals surface area contributed by atoms with Crippen LogP contribution in [0.3, 0.4) is 0 Å². The van der Waals surface area contributed by atoms with Crippen molar-refractivity contribution < 1.29 is 43.3 Å². The van der Waals surface area contributed by atoms with E-state index in [2.05, 4.69) is 5.32 Å². The van der Waals surface area contributed by atoms with E-state index < -0.39 is 32.8 Å². The summed E-state index contributed by atoms with van der Waals surface area (Å²) in [6.45, 7) is -0.145. The van der Waals surface area contributed by atoms with Crippen molar-refractivity contribution in [2.45, 2.75) is 23.8 Å². The van der Waals surface area contributed by atoms with Crippen LogP contribution in [0.15, 0.2) is 48.5 Å². The lowest BCUT2D eigenvalue weighted by Crippen LogP contribution is -2.32. The summed E-state index contributed by atoms with van der Waals surface area (Å²) in [6, 6.07) is 15.6. The molecule has 1 amide bonds. The van der Waals surface area contributed by atoms with Crippen LogP contribution in [0.1, 0.15) is 29.9 Å². The molecule has 3 rings (SSSR count). The molecule has 0 unspecified atom stereocenters. The first-order valence-corrected chi connectivity index (χ1v) is 12.6. The minimum Gasteiger partial charge on any atom is -0.449 e. The fourth-order valence-corrected chi connectivity index (χ4v) is 5.88. The van der Waals surface area contributed by atoms with Crippen LogP contribution in [0.25, 0.3) is 11.1 Å². The van der Waals surface area contributed by atoms with Crippen LogP contribution in [0.4, 0.5) is 4.79 Å². The Morgan fingerprint density at radius 2 is 1.42 bits per heavy atom. The van der Waals surface area contributed by atoms with E-state index in [-0.39, 0.29) is 25.5 Å². The number of alkyl carbamates (subject to hydrolysis) is 1. The standard InChI is InChI=1S/C19H23NO9P2/c21-18(20-11-5-10-19(22,30(23,24)25)31(26,27)28)29-12-17-15-8-3-1-6-13(15)14-7-2-4-9-16(14)17/h1-4,6-9,17,22H,5,10-12H2,(H,20,21)(H2,23,24,25)(H2,26,27,28). The third-order valence-electron chi connectivity index (χ3n) is 5.23. The Morgan fingerprint density at radius 3 is 1.90 bits per heavy atom. The zero-order valence-electron chi connectivity index (χ0n) is 16.3. The number of aliphatic hydroxyl groups is 1. The maximum Gasteiger partial charge on any atom is 0.407 e. The minimum atomic E-state index is -5.51. The highest BCUT2D eigenvalue weighted by molar-refractivity contribution is 7.72. The number of benzene rings is 2. The zero-order chi connectivity index (χ0) is 22.9. The number of ether oxygens (including phenoxy) is 1. The molecule has 0 saturated heterocycles. The van der Waals surface area contributed by atoms with Crippen LogP contribution in [-0.4, -0.2) is 49.0 Å². The molecule has 0 aromatic heterocycles. The van der Waals surface area contributed by atoms with Crippen LogP contribution >= 0.6 is 15.2 Å².